The predicted molar refractivity (Wildman–Crippen MR) is 155 cm³/mol. The van der Waals surface area contributed by atoms with Crippen LogP contribution in [0.15, 0.2) is 67.0 Å². The van der Waals surface area contributed by atoms with Crippen molar-refractivity contribution in [2.75, 3.05) is 34.6 Å². The highest BCUT2D eigenvalue weighted by atomic mass is 35.5. The molecule has 1 aliphatic heterocycles. The zero-order chi connectivity index (χ0) is 28.7. The lowest BCUT2D eigenvalue weighted by molar-refractivity contribution is -0.134. The van der Waals surface area contributed by atoms with Gasteiger partial charge in [-0.25, -0.2) is 18.4 Å². The molecule has 2 heterocycles. The zero-order valence-corrected chi connectivity index (χ0v) is 23.1. The molecule has 0 saturated carbocycles. The van der Waals surface area contributed by atoms with E-state index in [2.05, 4.69) is 14.9 Å². The number of hydrogen-bond donors (Lipinski definition) is 3. The molecule has 210 valence electrons. The Balaban J connectivity index is 1.48. The van der Waals surface area contributed by atoms with Gasteiger partial charge in [0.15, 0.2) is 5.75 Å². The number of hydrogen-bond acceptors (Lipinski definition) is 8. The van der Waals surface area contributed by atoms with Gasteiger partial charge in [-0.1, -0.05) is 42.0 Å². The molecule has 4 rings (SSSR count). The number of sulfonamides is 1. The van der Waals surface area contributed by atoms with Gasteiger partial charge in [0.25, 0.3) is 0 Å². The highest BCUT2D eigenvalue weighted by molar-refractivity contribution is 7.93. The van der Waals surface area contributed by atoms with E-state index in [1.807, 2.05) is 0 Å². The third-order valence-corrected chi connectivity index (χ3v) is 8.13. The quantitative estimate of drug-likeness (QED) is 0.226. The van der Waals surface area contributed by atoms with Gasteiger partial charge >= 0.3 is 5.97 Å². The Morgan fingerprint density at radius 1 is 1.18 bits per heavy atom. The van der Waals surface area contributed by atoms with Crippen molar-refractivity contribution < 1.29 is 23.1 Å². The smallest absolute Gasteiger partial charge is 0.320 e. The summed E-state index contributed by atoms with van der Waals surface area (Å²) in [6.45, 7) is 1.29. The first-order valence-electron chi connectivity index (χ1n) is 12.4. The van der Waals surface area contributed by atoms with Crippen LogP contribution in [0.1, 0.15) is 24.0 Å². The number of aromatic nitrogens is 2. The van der Waals surface area contributed by atoms with Crippen LogP contribution in [0.25, 0.3) is 6.08 Å². The minimum Gasteiger partial charge on any atom is -0.489 e. The normalized spacial score (nSPS) is 14.3. The van der Waals surface area contributed by atoms with Crippen LogP contribution in [0.4, 0.5) is 11.6 Å². The van der Waals surface area contributed by atoms with Gasteiger partial charge in [0.2, 0.25) is 16.0 Å². The highest BCUT2D eigenvalue weighted by Gasteiger charge is 2.27. The molecule has 0 aliphatic carbocycles. The number of amidine groups is 1. The lowest BCUT2D eigenvalue weighted by Crippen LogP contribution is -2.39. The second-order valence-electron chi connectivity index (χ2n) is 9.09. The van der Waals surface area contributed by atoms with Crippen LogP contribution in [0.3, 0.4) is 0 Å². The molecular weight excluding hydrogens is 556 g/mol. The van der Waals surface area contributed by atoms with Crippen molar-refractivity contribution in [3.8, 4) is 5.75 Å². The molecule has 1 fully saturated rings. The maximum atomic E-state index is 13.0. The second kappa shape index (κ2) is 12.8. The number of nitrogens with two attached hydrogens (primary N) is 1. The molecule has 0 spiro atoms. The minimum absolute atomic E-state index is 0.0892. The van der Waals surface area contributed by atoms with Crippen LogP contribution >= 0.6 is 11.6 Å². The first kappa shape index (κ1) is 28.8. The van der Waals surface area contributed by atoms with Gasteiger partial charge in [-0.2, -0.15) is 0 Å². The van der Waals surface area contributed by atoms with E-state index in [0.717, 1.165) is 17.1 Å². The third kappa shape index (κ3) is 7.48. The van der Waals surface area contributed by atoms with Crippen LogP contribution in [0.5, 0.6) is 5.75 Å². The van der Waals surface area contributed by atoms with Crippen LogP contribution in [-0.2, 0) is 14.8 Å². The lowest BCUT2D eigenvalue weighted by Gasteiger charge is -2.32. The Hall–Kier alpha value is -4.16. The first-order chi connectivity index (χ1) is 19.1. The Kier molecular flexibility index (Phi) is 9.22. The lowest BCUT2D eigenvalue weighted by atomic mass is 10.1. The summed E-state index contributed by atoms with van der Waals surface area (Å²) >= 11 is 6.51. The fourth-order valence-corrected chi connectivity index (χ4v) is 5.69. The molecule has 0 bridgehead atoms. The number of anilines is 2. The maximum absolute atomic E-state index is 13.0. The summed E-state index contributed by atoms with van der Waals surface area (Å²) in [5.41, 5.74) is 6.98. The molecule has 1 aliphatic rings. The third-order valence-electron chi connectivity index (χ3n) is 6.19. The Bertz CT molecular complexity index is 1490. The van der Waals surface area contributed by atoms with E-state index < -0.39 is 21.7 Å². The molecule has 0 unspecified atom stereocenters. The Morgan fingerprint density at radius 3 is 2.55 bits per heavy atom. The number of nitrogens with one attached hydrogen (secondary N) is 1. The van der Waals surface area contributed by atoms with Gasteiger partial charge in [0, 0.05) is 43.9 Å². The molecule has 11 nitrogen and oxygen atoms in total. The molecule has 0 amide bonds. The van der Waals surface area contributed by atoms with Gasteiger partial charge in [-0.05, 0) is 35.9 Å². The number of rotatable bonds is 11. The number of carboxylic acid groups (broad SMARTS) is 1. The number of nitrogen functional groups attached to an aromatic ring is 1. The Labute approximate surface area is 237 Å². The standard InChI is InChI=1S/C27H29ClN6O5S/c28-23-17-21(7-8-24(23)39-22-9-14-33(15-10-22)27-31-11-3-12-32-27)34(40(37,38)18-25(35)36)13-2-5-19-4-1-6-20(16-19)26(29)30/h1-8,11-12,16-17,22H,9-10,13-15,18H2,(H3,29,30)(H,35,36)/b5-2+. The molecule has 1 aromatic heterocycles. The van der Waals surface area contributed by atoms with E-state index in [0.29, 0.717) is 35.9 Å². The number of ether oxygens (including phenoxy) is 1. The summed E-state index contributed by atoms with van der Waals surface area (Å²) in [6, 6.07) is 13.2. The van der Waals surface area contributed by atoms with E-state index in [4.69, 9.17) is 27.5 Å². The molecule has 1 saturated heterocycles. The number of benzene rings is 2. The van der Waals surface area contributed by atoms with Gasteiger partial charge in [-0.3, -0.25) is 14.5 Å². The fourth-order valence-electron chi connectivity index (χ4n) is 4.26. The monoisotopic (exact) mass is 584 g/mol. The summed E-state index contributed by atoms with van der Waals surface area (Å²) in [5.74, 6) is -1.56. The molecule has 13 heteroatoms. The van der Waals surface area contributed by atoms with Crippen molar-refractivity contribution >= 4 is 51.1 Å². The van der Waals surface area contributed by atoms with Crippen molar-refractivity contribution in [1.29, 1.82) is 5.41 Å². The van der Waals surface area contributed by atoms with Crippen LogP contribution in [0, 0.1) is 5.41 Å². The minimum atomic E-state index is -4.23. The van der Waals surface area contributed by atoms with Gasteiger partial charge in [0.1, 0.15) is 17.7 Å². The van der Waals surface area contributed by atoms with Crippen molar-refractivity contribution in [1.82, 2.24) is 9.97 Å². The molecule has 0 radical (unpaired) electrons. The summed E-state index contributed by atoms with van der Waals surface area (Å²) in [7, 11) is -4.23. The van der Waals surface area contributed by atoms with Crippen LogP contribution in [0.2, 0.25) is 5.02 Å². The van der Waals surface area contributed by atoms with Crippen molar-refractivity contribution in [3.05, 3.63) is 83.2 Å². The molecule has 0 atom stereocenters. The van der Waals surface area contributed by atoms with Crippen LogP contribution < -0.4 is 19.7 Å². The van der Waals surface area contributed by atoms with Crippen LogP contribution in [-0.4, -0.2) is 66.8 Å². The number of aliphatic carboxylic acids is 1. The highest BCUT2D eigenvalue weighted by Crippen LogP contribution is 2.33. The second-order valence-corrected chi connectivity index (χ2v) is 11.4. The first-order valence-corrected chi connectivity index (χ1v) is 14.4. The number of halogens is 1. The van der Waals surface area contributed by atoms with Crippen molar-refractivity contribution in [3.63, 3.8) is 0 Å². The predicted octanol–water partition coefficient (Wildman–Crippen LogP) is 3.40. The van der Waals surface area contributed by atoms with E-state index in [1.54, 1.807) is 60.9 Å². The number of carbonyl (C=O) groups is 1. The molecule has 3 aromatic rings. The molecule has 2 aromatic carbocycles. The van der Waals surface area contributed by atoms with Gasteiger partial charge < -0.3 is 20.5 Å². The SMILES string of the molecule is N=C(N)c1cccc(/C=C/CN(c2ccc(OC3CCN(c4ncccn4)CC3)c(Cl)c2)S(=O)(=O)CC(=O)O)c1. The summed E-state index contributed by atoms with van der Waals surface area (Å²) in [6.07, 6.45) is 8.02. The number of nitrogens with zero attached hydrogens (tertiary/aromatic N) is 4. The average Bonchev–Trinajstić information content (AvgIpc) is 2.92. The van der Waals surface area contributed by atoms with Gasteiger partial charge in [0.05, 0.1) is 17.3 Å². The van der Waals surface area contributed by atoms with E-state index >= 15 is 0 Å². The molecule has 40 heavy (non-hydrogen) atoms. The average molecular weight is 585 g/mol. The van der Waals surface area contributed by atoms with Crippen molar-refractivity contribution in [2.24, 2.45) is 5.73 Å². The fraction of sp³-hybridized carbons (Fsp3) is 0.259. The number of carboxylic acids is 1. The van der Waals surface area contributed by atoms with E-state index in [1.165, 1.54) is 12.1 Å². The van der Waals surface area contributed by atoms with Gasteiger partial charge in [-0.15, -0.1) is 0 Å². The van der Waals surface area contributed by atoms with E-state index in [-0.39, 0.29) is 29.2 Å². The molecular formula is C27H29ClN6O5S. The summed E-state index contributed by atoms with van der Waals surface area (Å²) in [5, 5.41) is 17.0. The number of piperidine rings is 1. The topological polar surface area (TPSA) is 163 Å². The Morgan fingerprint density at radius 2 is 1.90 bits per heavy atom. The largest absolute Gasteiger partial charge is 0.489 e. The summed E-state index contributed by atoms with van der Waals surface area (Å²) < 4.78 is 33.0. The molecule has 4 N–H and O–H groups in total. The zero-order valence-electron chi connectivity index (χ0n) is 21.5. The maximum Gasteiger partial charge on any atom is 0.320 e. The van der Waals surface area contributed by atoms with Crippen molar-refractivity contribution in [2.45, 2.75) is 18.9 Å². The summed E-state index contributed by atoms with van der Waals surface area (Å²) in [4.78, 5) is 21.9. The van der Waals surface area contributed by atoms with E-state index in [9.17, 15) is 18.3 Å².